The Labute approximate surface area is 218 Å². The quantitative estimate of drug-likeness (QED) is 0.265. The van der Waals surface area contributed by atoms with Crippen LogP contribution < -0.4 is 20.1 Å². The summed E-state index contributed by atoms with van der Waals surface area (Å²) in [5, 5.41) is 18.7. The maximum Gasteiger partial charge on any atom is 0.205 e. The molecular weight excluding hydrogens is 515 g/mol. The zero-order chi connectivity index (χ0) is 23.8. The van der Waals surface area contributed by atoms with Crippen molar-refractivity contribution in [3.8, 4) is 11.5 Å². The number of hydrogen-bond acceptors (Lipinski definition) is 7. The van der Waals surface area contributed by atoms with Crippen molar-refractivity contribution in [1.82, 2.24) is 15.5 Å². The second kappa shape index (κ2) is 12.8. The molecule has 1 aliphatic heterocycles. The second-order valence-electron chi connectivity index (χ2n) is 8.07. The van der Waals surface area contributed by atoms with Crippen molar-refractivity contribution in [2.24, 2.45) is 0 Å². The maximum atomic E-state index is 6.45. The number of benzene rings is 2. The summed E-state index contributed by atoms with van der Waals surface area (Å²) in [7, 11) is 0. The molecule has 6 nitrogen and oxygen atoms in total. The summed E-state index contributed by atoms with van der Waals surface area (Å²) < 4.78 is 11.8. The molecule has 34 heavy (non-hydrogen) atoms. The van der Waals surface area contributed by atoms with Crippen molar-refractivity contribution in [3.63, 3.8) is 0 Å². The summed E-state index contributed by atoms with van der Waals surface area (Å²) in [6, 6.07) is 11.2. The molecule has 2 heterocycles. The third-order valence-corrected chi connectivity index (χ3v) is 7.41. The van der Waals surface area contributed by atoms with E-state index < -0.39 is 0 Å². The SMILES string of the molecule is Clc1ccc(OCCCCc2nnc(NCc3ccc(OC4CCNCC4)c(Cl)c3)s2)cc1Cl. The molecular formula is C24H27Cl3N4O2S. The van der Waals surface area contributed by atoms with Crippen molar-refractivity contribution in [1.29, 1.82) is 0 Å². The van der Waals surface area contributed by atoms with Crippen molar-refractivity contribution < 1.29 is 9.47 Å². The topological polar surface area (TPSA) is 68.3 Å². The van der Waals surface area contributed by atoms with Gasteiger partial charge in [0.2, 0.25) is 5.13 Å². The molecule has 0 amide bonds. The number of hydrogen-bond donors (Lipinski definition) is 2. The first-order valence-corrected chi connectivity index (χ1v) is 13.3. The first kappa shape index (κ1) is 25.3. The van der Waals surface area contributed by atoms with Crippen LogP contribution in [0.2, 0.25) is 15.1 Å². The third kappa shape index (κ3) is 7.62. The molecule has 0 radical (unpaired) electrons. The van der Waals surface area contributed by atoms with E-state index in [1.54, 1.807) is 23.5 Å². The lowest BCUT2D eigenvalue weighted by atomic mass is 10.1. The summed E-state index contributed by atoms with van der Waals surface area (Å²) in [4.78, 5) is 0. The molecule has 10 heteroatoms. The van der Waals surface area contributed by atoms with Crippen LogP contribution >= 0.6 is 46.1 Å². The zero-order valence-corrected chi connectivity index (χ0v) is 21.7. The van der Waals surface area contributed by atoms with Crippen LogP contribution in [-0.4, -0.2) is 36.0 Å². The van der Waals surface area contributed by atoms with Crippen LogP contribution in [0, 0.1) is 0 Å². The van der Waals surface area contributed by atoms with Gasteiger partial charge in [0.15, 0.2) is 0 Å². The number of nitrogens with zero attached hydrogens (tertiary/aromatic N) is 2. The molecule has 0 atom stereocenters. The maximum absolute atomic E-state index is 6.45. The van der Waals surface area contributed by atoms with Gasteiger partial charge < -0.3 is 20.1 Å². The van der Waals surface area contributed by atoms with Gasteiger partial charge in [0.1, 0.15) is 22.6 Å². The molecule has 2 aromatic carbocycles. The summed E-state index contributed by atoms with van der Waals surface area (Å²) in [6.45, 7) is 3.21. The molecule has 0 saturated carbocycles. The number of nitrogens with one attached hydrogen (secondary N) is 2. The van der Waals surface area contributed by atoms with E-state index in [4.69, 9.17) is 44.3 Å². The highest BCUT2D eigenvalue weighted by Crippen LogP contribution is 2.29. The van der Waals surface area contributed by atoms with E-state index in [1.807, 2.05) is 24.3 Å². The molecule has 0 spiro atoms. The first-order valence-electron chi connectivity index (χ1n) is 11.4. The molecule has 0 unspecified atom stereocenters. The van der Waals surface area contributed by atoms with Gasteiger partial charge in [-0.3, -0.25) is 0 Å². The summed E-state index contributed by atoms with van der Waals surface area (Å²) in [5.41, 5.74) is 1.07. The van der Waals surface area contributed by atoms with E-state index >= 15 is 0 Å². The Hall–Kier alpha value is -1.77. The third-order valence-electron chi connectivity index (χ3n) is 5.43. The largest absolute Gasteiger partial charge is 0.494 e. The molecule has 1 aliphatic rings. The standard InChI is InChI=1S/C24H27Cl3N4O2S/c25-19-6-5-18(14-20(19)26)32-12-2-1-3-23-30-31-24(34-23)29-15-16-4-7-22(21(27)13-16)33-17-8-10-28-11-9-17/h4-7,13-14,17,28H,1-3,8-12,15H2,(H,29,31). The average molecular weight is 542 g/mol. The average Bonchev–Trinajstić information content (AvgIpc) is 3.30. The van der Waals surface area contributed by atoms with Crippen LogP contribution in [0.1, 0.15) is 36.3 Å². The summed E-state index contributed by atoms with van der Waals surface area (Å²) in [6.07, 6.45) is 4.97. The number of ether oxygens (including phenoxy) is 2. The smallest absolute Gasteiger partial charge is 0.205 e. The monoisotopic (exact) mass is 540 g/mol. The van der Waals surface area contributed by atoms with Crippen molar-refractivity contribution in [2.45, 2.75) is 44.8 Å². The van der Waals surface area contributed by atoms with Gasteiger partial charge in [0.05, 0.1) is 21.7 Å². The molecule has 1 fully saturated rings. The lowest BCUT2D eigenvalue weighted by Gasteiger charge is -2.24. The van der Waals surface area contributed by atoms with Gasteiger partial charge in [-0.1, -0.05) is 52.2 Å². The fraction of sp³-hybridized carbons (Fsp3) is 0.417. The number of anilines is 1. The minimum atomic E-state index is 0.227. The Bertz CT molecular complexity index is 1080. The van der Waals surface area contributed by atoms with Crippen molar-refractivity contribution >= 4 is 51.3 Å². The molecule has 1 saturated heterocycles. The van der Waals surface area contributed by atoms with E-state index in [-0.39, 0.29) is 6.10 Å². The zero-order valence-electron chi connectivity index (χ0n) is 18.7. The minimum absolute atomic E-state index is 0.227. The Morgan fingerprint density at radius 1 is 0.971 bits per heavy atom. The van der Waals surface area contributed by atoms with Crippen LogP contribution in [-0.2, 0) is 13.0 Å². The fourth-order valence-corrected chi connectivity index (χ4v) is 4.89. The number of unbranched alkanes of at least 4 members (excludes halogenated alkanes) is 1. The number of halogens is 3. The lowest BCUT2D eigenvalue weighted by molar-refractivity contribution is 0.162. The number of piperidine rings is 1. The van der Waals surface area contributed by atoms with Crippen LogP contribution in [0.5, 0.6) is 11.5 Å². The van der Waals surface area contributed by atoms with Gasteiger partial charge in [-0.2, -0.15) is 0 Å². The molecule has 182 valence electrons. The lowest BCUT2D eigenvalue weighted by Crippen LogP contribution is -2.34. The van der Waals surface area contributed by atoms with Crippen LogP contribution in [0.4, 0.5) is 5.13 Å². The molecule has 2 N–H and O–H groups in total. The van der Waals surface area contributed by atoms with Crippen LogP contribution in [0.3, 0.4) is 0 Å². The molecule has 1 aromatic heterocycles. The van der Waals surface area contributed by atoms with Gasteiger partial charge >= 0.3 is 0 Å². The summed E-state index contributed by atoms with van der Waals surface area (Å²) >= 11 is 20.0. The van der Waals surface area contributed by atoms with Crippen molar-refractivity contribution in [2.75, 3.05) is 25.0 Å². The predicted molar refractivity (Wildman–Crippen MR) is 140 cm³/mol. The van der Waals surface area contributed by atoms with Gasteiger partial charge in [0.25, 0.3) is 0 Å². The van der Waals surface area contributed by atoms with E-state index in [0.717, 1.165) is 72.4 Å². The van der Waals surface area contributed by atoms with E-state index in [2.05, 4.69) is 20.8 Å². The number of aromatic nitrogens is 2. The van der Waals surface area contributed by atoms with Gasteiger partial charge in [-0.25, -0.2) is 0 Å². The van der Waals surface area contributed by atoms with Gasteiger partial charge in [0, 0.05) is 19.0 Å². The van der Waals surface area contributed by atoms with Gasteiger partial charge in [-0.15, -0.1) is 10.2 Å². The highest BCUT2D eigenvalue weighted by atomic mass is 35.5. The predicted octanol–water partition coefficient (Wildman–Crippen LogP) is 6.64. The van der Waals surface area contributed by atoms with E-state index in [1.165, 1.54) is 0 Å². The molecule has 3 aromatic rings. The molecule has 0 aliphatic carbocycles. The first-order chi connectivity index (χ1) is 16.6. The number of aryl methyl sites for hydroxylation is 1. The second-order valence-corrected chi connectivity index (χ2v) is 10.4. The normalized spacial score (nSPS) is 14.2. The number of rotatable bonds is 11. The Morgan fingerprint density at radius 3 is 2.62 bits per heavy atom. The Balaban J connectivity index is 1.16. The molecule has 4 rings (SSSR count). The highest BCUT2D eigenvalue weighted by molar-refractivity contribution is 7.15. The van der Waals surface area contributed by atoms with Crippen LogP contribution in [0.25, 0.3) is 0 Å². The van der Waals surface area contributed by atoms with Crippen molar-refractivity contribution in [3.05, 3.63) is 62.0 Å². The van der Waals surface area contributed by atoms with Crippen LogP contribution in [0.15, 0.2) is 36.4 Å². The molecule has 0 bridgehead atoms. The van der Waals surface area contributed by atoms with E-state index in [9.17, 15) is 0 Å². The minimum Gasteiger partial charge on any atom is -0.494 e. The Kier molecular flexibility index (Phi) is 9.53. The fourth-order valence-electron chi connectivity index (χ4n) is 3.58. The summed E-state index contributed by atoms with van der Waals surface area (Å²) in [5.74, 6) is 1.47. The van der Waals surface area contributed by atoms with Gasteiger partial charge in [-0.05, 0) is 68.6 Å². The van der Waals surface area contributed by atoms with E-state index in [0.29, 0.717) is 28.2 Å². The Morgan fingerprint density at radius 2 is 1.82 bits per heavy atom. The highest BCUT2D eigenvalue weighted by Gasteiger charge is 2.16.